The Labute approximate surface area is 744 Å². The first-order chi connectivity index (χ1) is 61.0. The Bertz CT molecular complexity index is 5390. The van der Waals surface area contributed by atoms with Crippen molar-refractivity contribution in [2.75, 3.05) is 136 Å². The molecule has 4 amide bonds. The molecule has 126 heavy (non-hydrogen) atoms. The molecule has 7 N–H and O–H groups in total. The van der Waals surface area contributed by atoms with Crippen LogP contribution in [0.4, 0.5) is 34.1 Å². The molecule has 0 saturated carbocycles. The lowest BCUT2D eigenvalue weighted by Crippen LogP contribution is -2.50. The number of imidazole rings is 4. The van der Waals surface area contributed by atoms with Gasteiger partial charge in [0.15, 0.2) is 0 Å². The maximum Gasteiger partial charge on any atom is 0.416 e. The highest BCUT2D eigenvalue weighted by Crippen LogP contribution is 2.36. The molecule has 6 saturated heterocycles. The highest BCUT2D eigenvalue weighted by Gasteiger charge is 2.35. The van der Waals surface area contributed by atoms with Gasteiger partial charge < -0.3 is 79.6 Å². The zero-order valence-corrected chi connectivity index (χ0v) is 75.5. The smallest absolute Gasteiger partial charge is 0.416 e. The third-order valence-corrected chi connectivity index (χ3v) is 26.8. The number of piperidine rings is 6. The van der Waals surface area contributed by atoms with Gasteiger partial charge in [-0.15, -0.1) is 0 Å². The second kappa shape index (κ2) is 44.3. The van der Waals surface area contributed by atoms with Crippen molar-refractivity contribution >= 4 is 39.4 Å². The fraction of sp³-hybridized carbons (Fsp3) is 0.479. The second-order valence-electron chi connectivity index (χ2n) is 33.8. The summed E-state index contributed by atoms with van der Waals surface area (Å²) in [7, 11) is 1.65. The number of hydrogen-bond donors (Lipinski definition) is 7. The fourth-order valence-corrected chi connectivity index (χ4v) is 18.9. The molecular weight excluding hydrogens is 1670 g/mol. The Morgan fingerprint density at radius 3 is 1.07 bits per heavy atom. The average molecular weight is 1800 g/mol. The van der Waals surface area contributed by atoms with Crippen LogP contribution in [0.2, 0.25) is 0 Å². The number of aromatic nitrogens is 8. The molecule has 0 radical (unpaired) electrons. The number of alkyl halides is 3. The molecule has 6 fully saturated rings. The van der Waals surface area contributed by atoms with E-state index in [2.05, 4.69) is 130 Å². The molecule has 4 aromatic heterocycles. The number of aromatic hydroxyl groups is 1. The molecule has 30 heteroatoms. The number of nitrogens with zero attached hydrogens (tertiary/aromatic N) is 12. The van der Waals surface area contributed by atoms with E-state index in [1.54, 1.807) is 42.1 Å². The SMILES string of the molecule is CCN1CCC(N2Cc3cc(Br)ccc3NC2=O)CC1.CCN1CCC(N2Cc3ccccc3NC2=O)CC1.CCN1CCC(n2cc(-c3cccc(C(F)(F)F)c3)[nH]c2=O)CC1.CCN1CCC(n2cc(-c3cccc(O)c3)[nH]c2=O)CC1.CCN1CCC(n2cc(-c3cccc(OC)c3)[nH]c2=O)CC1.CCN1CCC(n2cc(-c3ccccc3)[nH]c2=O)CC1. The number of para-hydroxylation sites is 1. The number of ether oxygens (including phenoxy) is 1. The quantitative estimate of drug-likeness (QED) is 0.0447. The summed E-state index contributed by atoms with van der Waals surface area (Å²) in [5.74, 6) is 1.000. The van der Waals surface area contributed by atoms with E-state index in [1.807, 2.05) is 133 Å². The van der Waals surface area contributed by atoms with E-state index >= 15 is 0 Å². The lowest BCUT2D eigenvalue weighted by Gasteiger charge is -2.40. The van der Waals surface area contributed by atoms with Gasteiger partial charge in [0, 0.05) is 185 Å². The summed E-state index contributed by atoms with van der Waals surface area (Å²) in [4.78, 5) is 103. The van der Waals surface area contributed by atoms with Crippen LogP contribution in [0.15, 0.2) is 194 Å². The van der Waals surface area contributed by atoms with Gasteiger partial charge in [0.1, 0.15) is 11.5 Å². The molecule has 12 heterocycles. The number of aromatic amines is 4. The number of H-pyrrole nitrogens is 4. The Hall–Kier alpha value is -10.5. The van der Waals surface area contributed by atoms with Crippen molar-refractivity contribution in [3.63, 3.8) is 0 Å². The number of phenols is 1. The number of fused-ring (bicyclic) bond motifs is 2. The molecule has 18 rings (SSSR count). The number of rotatable bonds is 17. The van der Waals surface area contributed by atoms with E-state index in [4.69, 9.17) is 4.74 Å². The maximum atomic E-state index is 12.8. The predicted octanol–water partition coefficient (Wildman–Crippen LogP) is 16.5. The minimum atomic E-state index is -4.40. The Morgan fingerprint density at radius 2 is 0.690 bits per heavy atom. The van der Waals surface area contributed by atoms with Crippen LogP contribution in [0.25, 0.3) is 45.0 Å². The van der Waals surface area contributed by atoms with Crippen molar-refractivity contribution in [3.8, 4) is 56.5 Å². The molecule has 6 aromatic carbocycles. The highest BCUT2D eigenvalue weighted by atomic mass is 79.9. The summed E-state index contributed by atoms with van der Waals surface area (Å²) < 4.78 is 52.0. The number of methoxy groups -OCH3 is 1. The second-order valence-corrected chi connectivity index (χ2v) is 34.7. The van der Waals surface area contributed by atoms with Gasteiger partial charge in [-0.05, 0) is 194 Å². The molecular formula is C96H126BrF3N18O8. The Kier molecular flexibility index (Phi) is 32.8. The monoisotopic (exact) mass is 1790 g/mol. The molecule has 0 atom stereocenters. The van der Waals surface area contributed by atoms with Crippen molar-refractivity contribution in [3.05, 3.63) is 233 Å². The summed E-state index contributed by atoms with van der Waals surface area (Å²) in [6.45, 7) is 33.6. The van der Waals surface area contributed by atoms with Crippen LogP contribution in [-0.4, -0.2) is 232 Å². The first-order valence-corrected chi connectivity index (χ1v) is 46.1. The van der Waals surface area contributed by atoms with Crippen LogP contribution in [0.3, 0.4) is 0 Å². The lowest BCUT2D eigenvalue weighted by molar-refractivity contribution is -0.137. The van der Waals surface area contributed by atoms with E-state index < -0.39 is 11.7 Å². The first-order valence-electron chi connectivity index (χ1n) is 45.3. The van der Waals surface area contributed by atoms with Crippen molar-refractivity contribution in [2.24, 2.45) is 0 Å². The minimum Gasteiger partial charge on any atom is -0.508 e. The van der Waals surface area contributed by atoms with Gasteiger partial charge in [-0.1, -0.05) is 142 Å². The van der Waals surface area contributed by atoms with Crippen LogP contribution < -0.4 is 38.1 Å². The number of urea groups is 2. The molecule has 10 aromatic rings. The highest BCUT2D eigenvalue weighted by molar-refractivity contribution is 9.10. The van der Waals surface area contributed by atoms with Crippen LogP contribution >= 0.6 is 15.9 Å². The number of halogens is 4. The van der Waals surface area contributed by atoms with Crippen LogP contribution in [-0.2, 0) is 19.3 Å². The number of anilines is 2. The fourth-order valence-electron chi connectivity index (χ4n) is 18.5. The van der Waals surface area contributed by atoms with Crippen molar-refractivity contribution in [1.82, 2.24) is 77.4 Å². The van der Waals surface area contributed by atoms with Crippen molar-refractivity contribution in [1.29, 1.82) is 0 Å². The van der Waals surface area contributed by atoms with E-state index in [9.17, 15) is 47.0 Å². The van der Waals surface area contributed by atoms with Crippen molar-refractivity contribution < 1.29 is 32.6 Å². The molecule has 0 spiro atoms. The minimum absolute atomic E-state index is 0.0128. The molecule has 0 bridgehead atoms. The molecule has 0 aliphatic carbocycles. The number of carbonyl (C=O) groups is 2. The van der Waals surface area contributed by atoms with Crippen LogP contribution in [0.5, 0.6) is 11.5 Å². The largest absolute Gasteiger partial charge is 0.508 e. The number of benzene rings is 6. The first kappa shape index (κ1) is 93.2. The Balaban J connectivity index is 0.000000130. The van der Waals surface area contributed by atoms with Gasteiger partial charge in [0.2, 0.25) is 0 Å². The third-order valence-electron chi connectivity index (χ3n) is 26.4. The van der Waals surface area contributed by atoms with Gasteiger partial charge in [0.25, 0.3) is 0 Å². The number of amides is 4. The van der Waals surface area contributed by atoms with Gasteiger partial charge in [0.05, 0.1) is 35.4 Å². The maximum absolute atomic E-state index is 12.8. The topological polar surface area (TPSA) is 265 Å². The van der Waals surface area contributed by atoms with E-state index in [1.165, 1.54) is 17.2 Å². The van der Waals surface area contributed by atoms with E-state index in [0.717, 1.165) is 275 Å². The van der Waals surface area contributed by atoms with Gasteiger partial charge in [-0.25, -0.2) is 28.8 Å². The molecule has 676 valence electrons. The number of hydrogen-bond acceptors (Lipinski definition) is 14. The number of phenolic OH excluding ortho intramolecular Hbond substituents is 1. The summed E-state index contributed by atoms with van der Waals surface area (Å²) in [5.41, 5.74) is 9.44. The van der Waals surface area contributed by atoms with Gasteiger partial charge in [-0.2, -0.15) is 13.2 Å². The Morgan fingerprint density at radius 1 is 0.365 bits per heavy atom. The molecule has 8 aliphatic rings. The molecule has 26 nitrogen and oxygen atoms in total. The summed E-state index contributed by atoms with van der Waals surface area (Å²) in [5, 5.41) is 15.6. The van der Waals surface area contributed by atoms with E-state index in [0.29, 0.717) is 35.4 Å². The number of likely N-dealkylation sites (tertiary alicyclic amines) is 6. The van der Waals surface area contributed by atoms with Gasteiger partial charge >= 0.3 is 41.0 Å². The summed E-state index contributed by atoms with van der Waals surface area (Å²) >= 11 is 3.50. The lowest BCUT2D eigenvalue weighted by atomic mass is 10.0. The van der Waals surface area contributed by atoms with Crippen LogP contribution in [0.1, 0.15) is 159 Å². The zero-order chi connectivity index (χ0) is 89.0. The number of nitrogens with one attached hydrogen (secondary N) is 6. The van der Waals surface area contributed by atoms with Gasteiger partial charge in [-0.3, -0.25) is 18.3 Å². The summed E-state index contributed by atoms with van der Waals surface area (Å²) in [6, 6.07) is 45.7. The third kappa shape index (κ3) is 24.2. The molecule has 8 aliphatic heterocycles. The standard InChI is InChI=1S/C17H20F3N3O.C17H23N3O2.C16H21N3O2.C16H21N3O.C15H20BrN3O.C15H21N3O/c1-2-22-8-6-14(7-9-22)23-11-15(21-16(23)24)12-4-3-5-13(10-12)17(18,19)20;1-3-19-9-7-14(8-10-19)20-12-16(18-17(20)21)13-5-4-6-15(11-13)22-2;1-2-18-8-6-13(7-9-18)19-11-15(17-16(19)21)12-4-3-5-14(20)10-12;1-2-18-10-8-14(9-11-18)19-12-15(17-16(19)20)13-6-4-3-5-7-13;1-2-18-7-5-13(6-8-18)19-10-11-9-12(16)3-4-14(11)17-15(19)20;1-2-17-9-7-13(8-10-17)18-11-12-5-3-4-6-14(12)16-15(18)19/h3-5,10-11,14H,2,6-9H2,1H3,(H,21,24);4-6,11-12,14H,3,7-10H2,1-2H3,(H,18,21);3-5,10-11,13,20H,2,6-9H2,1H3,(H,17,21);3-7,12,14H,2,8-11H2,1H3,(H,17,20);3-4,9,13H,2,5-8,10H2,1H3,(H,17,20);3-6,13H,2,7-11H2,1H3,(H,16,19). The normalized spacial score (nSPS) is 18.3. The number of carbonyl (C=O) groups excluding carboxylic acids is 2. The predicted molar refractivity (Wildman–Crippen MR) is 497 cm³/mol. The zero-order valence-electron chi connectivity index (χ0n) is 73.9. The van der Waals surface area contributed by atoms with Crippen LogP contribution in [0, 0.1) is 0 Å². The molecule has 0 unspecified atom stereocenters. The summed E-state index contributed by atoms with van der Waals surface area (Å²) in [6.07, 6.45) is 15.3. The van der Waals surface area contributed by atoms with E-state index in [-0.39, 0.29) is 52.7 Å². The average Bonchev–Trinajstić information content (AvgIpc) is 1.78. The van der Waals surface area contributed by atoms with Crippen molar-refractivity contribution in [2.45, 2.75) is 174 Å².